The molecule has 0 unspecified atom stereocenters. The normalized spacial score (nSPS) is 15.7. The van der Waals surface area contributed by atoms with Crippen molar-refractivity contribution < 1.29 is 4.79 Å². The van der Waals surface area contributed by atoms with Crippen molar-refractivity contribution in [3.8, 4) is 0 Å². The van der Waals surface area contributed by atoms with Gasteiger partial charge < -0.3 is 4.90 Å². The summed E-state index contributed by atoms with van der Waals surface area (Å²) in [4.78, 5) is 14.0. The fraction of sp³-hybridized carbons (Fsp3) is 0.417. The summed E-state index contributed by atoms with van der Waals surface area (Å²) in [5.74, 6) is 0. The van der Waals surface area contributed by atoms with Crippen LogP contribution >= 0.6 is 0 Å². The minimum Gasteiger partial charge on any atom is -0.323 e. The number of fused-ring (bicyclic) bond motifs is 1. The zero-order valence-corrected chi connectivity index (χ0v) is 9.76. The molecule has 0 N–H and O–H groups in total. The van der Waals surface area contributed by atoms with Crippen LogP contribution in [0.15, 0.2) is 18.2 Å². The van der Waals surface area contributed by atoms with Crippen molar-refractivity contribution in [1.29, 1.82) is 0 Å². The highest BCUT2D eigenvalue weighted by molar-refractivity contribution is 5.88. The second-order valence-electron chi connectivity index (χ2n) is 4.47. The number of carbonyl (C=O) groups excluding carboxylic acids is 1. The van der Waals surface area contributed by atoms with E-state index in [4.69, 9.17) is 0 Å². The maximum atomic E-state index is 12.2. The molecule has 5 nitrogen and oxygen atoms in total. The number of benzene rings is 1. The maximum Gasteiger partial charge on any atom is 0.346 e. The molecule has 0 saturated carbocycles. The van der Waals surface area contributed by atoms with Gasteiger partial charge in [0.25, 0.3) is 0 Å². The van der Waals surface area contributed by atoms with Crippen molar-refractivity contribution in [2.24, 2.45) is 0 Å². The van der Waals surface area contributed by atoms with Crippen LogP contribution < -0.4 is 0 Å². The summed E-state index contributed by atoms with van der Waals surface area (Å²) in [6.07, 6.45) is 2.16. The van der Waals surface area contributed by atoms with E-state index in [1.165, 1.54) is 4.68 Å². The first-order valence-corrected chi connectivity index (χ1v) is 5.87. The molecule has 1 aromatic carbocycles. The third-order valence-electron chi connectivity index (χ3n) is 3.16. The standard InChI is InChI=1S/C12H14N4O/c1-9-4-5-10-11(8-9)16(14-13-10)12(17)15-6-2-3-7-15/h4-5,8H,2-3,6-7H2,1H3. The van der Waals surface area contributed by atoms with E-state index >= 15 is 0 Å². The summed E-state index contributed by atoms with van der Waals surface area (Å²) in [5, 5.41) is 7.97. The van der Waals surface area contributed by atoms with Gasteiger partial charge in [-0.25, -0.2) is 4.79 Å². The molecule has 1 saturated heterocycles. The van der Waals surface area contributed by atoms with Gasteiger partial charge in [-0.3, -0.25) is 0 Å². The maximum absolute atomic E-state index is 12.2. The monoisotopic (exact) mass is 230 g/mol. The van der Waals surface area contributed by atoms with Gasteiger partial charge in [0, 0.05) is 13.1 Å². The summed E-state index contributed by atoms with van der Waals surface area (Å²) in [5.41, 5.74) is 2.67. The molecule has 0 atom stereocenters. The summed E-state index contributed by atoms with van der Waals surface area (Å²) in [6, 6.07) is 5.76. The Bertz CT molecular complexity index is 569. The van der Waals surface area contributed by atoms with Crippen molar-refractivity contribution in [2.75, 3.05) is 13.1 Å². The molecule has 88 valence electrons. The molecule has 0 spiro atoms. The van der Waals surface area contributed by atoms with Gasteiger partial charge in [0.2, 0.25) is 0 Å². The van der Waals surface area contributed by atoms with Gasteiger partial charge in [0.1, 0.15) is 5.52 Å². The van der Waals surface area contributed by atoms with E-state index in [0.717, 1.165) is 42.5 Å². The molecule has 1 aromatic heterocycles. The number of nitrogens with zero attached hydrogens (tertiary/aromatic N) is 4. The largest absolute Gasteiger partial charge is 0.346 e. The summed E-state index contributed by atoms with van der Waals surface area (Å²) in [7, 11) is 0. The van der Waals surface area contributed by atoms with E-state index in [1.54, 1.807) is 0 Å². The number of aryl methyl sites for hydroxylation is 1. The van der Waals surface area contributed by atoms with Crippen molar-refractivity contribution >= 4 is 17.1 Å². The van der Waals surface area contributed by atoms with E-state index in [2.05, 4.69) is 10.3 Å². The van der Waals surface area contributed by atoms with Gasteiger partial charge in [-0.05, 0) is 37.5 Å². The van der Waals surface area contributed by atoms with Crippen LogP contribution in [-0.2, 0) is 0 Å². The molecule has 0 aliphatic carbocycles. The first kappa shape index (κ1) is 10.3. The van der Waals surface area contributed by atoms with E-state index in [-0.39, 0.29) is 6.03 Å². The smallest absolute Gasteiger partial charge is 0.323 e. The molecule has 1 aliphatic rings. The second-order valence-corrected chi connectivity index (χ2v) is 4.47. The van der Waals surface area contributed by atoms with E-state index in [9.17, 15) is 4.79 Å². The fourth-order valence-electron chi connectivity index (χ4n) is 2.21. The van der Waals surface area contributed by atoms with E-state index < -0.39 is 0 Å². The minimum atomic E-state index is -0.0596. The minimum absolute atomic E-state index is 0.0596. The molecule has 17 heavy (non-hydrogen) atoms. The molecule has 0 bridgehead atoms. The molecule has 2 aromatic rings. The quantitative estimate of drug-likeness (QED) is 0.693. The molecule has 5 heteroatoms. The lowest BCUT2D eigenvalue weighted by Gasteiger charge is -2.14. The Morgan fingerprint density at radius 3 is 2.82 bits per heavy atom. The van der Waals surface area contributed by atoms with Crippen LogP contribution in [0.2, 0.25) is 0 Å². The third kappa shape index (κ3) is 1.67. The Balaban J connectivity index is 2.04. The number of carbonyl (C=O) groups is 1. The number of hydrogen-bond donors (Lipinski definition) is 0. The van der Waals surface area contributed by atoms with Crippen LogP contribution in [0, 0.1) is 6.92 Å². The van der Waals surface area contributed by atoms with Gasteiger partial charge in [-0.2, -0.15) is 4.68 Å². The number of rotatable bonds is 0. The van der Waals surface area contributed by atoms with Crippen LogP contribution in [0.4, 0.5) is 4.79 Å². The average Bonchev–Trinajstić information content (AvgIpc) is 2.97. The van der Waals surface area contributed by atoms with Crippen LogP contribution in [-0.4, -0.2) is 39.0 Å². The second kappa shape index (κ2) is 3.84. The molecule has 3 rings (SSSR count). The zero-order valence-electron chi connectivity index (χ0n) is 9.76. The molecular formula is C12H14N4O. The zero-order chi connectivity index (χ0) is 11.8. The topological polar surface area (TPSA) is 51.0 Å². The van der Waals surface area contributed by atoms with Crippen molar-refractivity contribution in [3.63, 3.8) is 0 Å². The van der Waals surface area contributed by atoms with E-state index in [1.807, 2.05) is 30.0 Å². The van der Waals surface area contributed by atoms with E-state index in [0.29, 0.717) is 0 Å². The number of aromatic nitrogens is 3. The van der Waals surface area contributed by atoms with Gasteiger partial charge in [-0.1, -0.05) is 11.3 Å². The number of likely N-dealkylation sites (tertiary alicyclic amines) is 1. The van der Waals surface area contributed by atoms with Crippen molar-refractivity contribution in [1.82, 2.24) is 19.9 Å². The number of amides is 1. The average molecular weight is 230 g/mol. The highest BCUT2D eigenvalue weighted by atomic mass is 16.2. The Hall–Kier alpha value is -1.91. The van der Waals surface area contributed by atoms with Crippen LogP contribution in [0.1, 0.15) is 18.4 Å². The third-order valence-corrected chi connectivity index (χ3v) is 3.16. The van der Waals surface area contributed by atoms with Gasteiger partial charge in [0.05, 0.1) is 5.52 Å². The Morgan fingerprint density at radius 2 is 2.06 bits per heavy atom. The number of hydrogen-bond acceptors (Lipinski definition) is 3. The van der Waals surface area contributed by atoms with Crippen LogP contribution in [0.25, 0.3) is 11.0 Å². The van der Waals surface area contributed by atoms with Crippen molar-refractivity contribution in [2.45, 2.75) is 19.8 Å². The molecular weight excluding hydrogens is 216 g/mol. The highest BCUT2D eigenvalue weighted by Gasteiger charge is 2.22. The van der Waals surface area contributed by atoms with Gasteiger partial charge in [-0.15, -0.1) is 5.10 Å². The van der Waals surface area contributed by atoms with Gasteiger partial charge >= 0.3 is 6.03 Å². The van der Waals surface area contributed by atoms with Gasteiger partial charge in [0.15, 0.2) is 0 Å². The lowest BCUT2D eigenvalue weighted by atomic mass is 10.2. The molecule has 1 amide bonds. The van der Waals surface area contributed by atoms with Crippen molar-refractivity contribution in [3.05, 3.63) is 23.8 Å². The lowest BCUT2D eigenvalue weighted by Crippen LogP contribution is -2.32. The Kier molecular flexibility index (Phi) is 2.31. The Labute approximate surface area is 99.0 Å². The fourth-order valence-corrected chi connectivity index (χ4v) is 2.21. The molecule has 1 aliphatic heterocycles. The predicted octanol–water partition coefficient (Wildman–Crippen LogP) is 1.80. The SMILES string of the molecule is Cc1ccc2nnn(C(=O)N3CCCC3)c2c1. The Morgan fingerprint density at radius 1 is 1.29 bits per heavy atom. The summed E-state index contributed by atoms with van der Waals surface area (Å²) >= 11 is 0. The molecule has 2 heterocycles. The molecule has 0 radical (unpaired) electrons. The van der Waals surface area contributed by atoms with Crippen LogP contribution in [0.5, 0.6) is 0 Å². The highest BCUT2D eigenvalue weighted by Crippen LogP contribution is 2.15. The first-order valence-electron chi connectivity index (χ1n) is 5.87. The first-order chi connectivity index (χ1) is 8.25. The predicted molar refractivity (Wildman–Crippen MR) is 63.9 cm³/mol. The summed E-state index contributed by atoms with van der Waals surface area (Å²) in [6.45, 7) is 3.65. The lowest BCUT2D eigenvalue weighted by molar-refractivity contribution is 0.208. The molecule has 1 fully saturated rings. The van der Waals surface area contributed by atoms with Crippen LogP contribution in [0.3, 0.4) is 0 Å². The summed E-state index contributed by atoms with van der Waals surface area (Å²) < 4.78 is 1.41.